The molecule has 0 saturated carbocycles. The second-order valence-electron chi connectivity index (χ2n) is 2.83. The lowest BCUT2D eigenvalue weighted by Crippen LogP contribution is -2.11. The van der Waals surface area contributed by atoms with Gasteiger partial charge >= 0.3 is 5.97 Å². The van der Waals surface area contributed by atoms with Crippen molar-refractivity contribution < 1.29 is 18.3 Å². The first-order valence-electron chi connectivity index (χ1n) is 4.14. The van der Waals surface area contributed by atoms with Crippen molar-refractivity contribution in [3.8, 4) is 0 Å². The standard InChI is InChI=1S/C9H9BrO4S/c1-2-15(13,14)8-6(9(11)12)4-3-5-7(8)10/h3-5H,2H2,1H3,(H,11,12). The third-order valence-electron chi connectivity index (χ3n) is 1.89. The molecule has 82 valence electrons. The Hall–Kier alpha value is -0.880. The molecule has 4 nitrogen and oxygen atoms in total. The highest BCUT2D eigenvalue weighted by Gasteiger charge is 2.23. The number of benzene rings is 1. The molecular weight excluding hydrogens is 284 g/mol. The van der Waals surface area contributed by atoms with Gasteiger partial charge in [-0.25, -0.2) is 13.2 Å². The largest absolute Gasteiger partial charge is 0.478 e. The third kappa shape index (κ3) is 2.38. The first kappa shape index (κ1) is 12.2. The first-order valence-corrected chi connectivity index (χ1v) is 6.59. The monoisotopic (exact) mass is 292 g/mol. The molecule has 1 aromatic rings. The average Bonchev–Trinajstić information content (AvgIpc) is 2.17. The van der Waals surface area contributed by atoms with Gasteiger partial charge in [0.15, 0.2) is 9.84 Å². The molecule has 0 fully saturated rings. The molecule has 0 aromatic heterocycles. The van der Waals surface area contributed by atoms with Gasteiger partial charge in [0.05, 0.1) is 16.2 Å². The predicted molar refractivity (Wildman–Crippen MR) is 58.8 cm³/mol. The summed E-state index contributed by atoms with van der Waals surface area (Å²) in [5, 5.41) is 8.86. The lowest BCUT2D eigenvalue weighted by atomic mass is 10.2. The van der Waals surface area contributed by atoms with E-state index < -0.39 is 15.8 Å². The number of carbonyl (C=O) groups is 1. The molecule has 1 aromatic carbocycles. The van der Waals surface area contributed by atoms with E-state index in [0.717, 1.165) is 0 Å². The number of rotatable bonds is 3. The van der Waals surface area contributed by atoms with E-state index in [9.17, 15) is 13.2 Å². The normalized spacial score (nSPS) is 11.3. The van der Waals surface area contributed by atoms with Crippen LogP contribution in [-0.2, 0) is 9.84 Å². The van der Waals surface area contributed by atoms with Crippen molar-refractivity contribution in [1.29, 1.82) is 0 Å². The molecule has 6 heteroatoms. The maximum absolute atomic E-state index is 11.7. The molecule has 0 atom stereocenters. The highest BCUT2D eigenvalue weighted by molar-refractivity contribution is 9.10. The van der Waals surface area contributed by atoms with Gasteiger partial charge < -0.3 is 5.11 Å². The predicted octanol–water partition coefficient (Wildman–Crippen LogP) is 1.94. The third-order valence-corrected chi connectivity index (χ3v) is 4.63. The minimum Gasteiger partial charge on any atom is -0.478 e. The van der Waals surface area contributed by atoms with Crippen LogP contribution in [0.1, 0.15) is 17.3 Å². The molecule has 0 spiro atoms. The van der Waals surface area contributed by atoms with Gasteiger partial charge in [0.1, 0.15) is 0 Å². The smallest absolute Gasteiger partial charge is 0.337 e. The highest BCUT2D eigenvalue weighted by Crippen LogP contribution is 2.26. The van der Waals surface area contributed by atoms with Crippen molar-refractivity contribution in [3.05, 3.63) is 28.2 Å². The molecule has 1 rings (SSSR count). The summed E-state index contributed by atoms with van der Waals surface area (Å²) in [6, 6.07) is 4.27. The van der Waals surface area contributed by atoms with E-state index in [1.807, 2.05) is 0 Å². The minimum atomic E-state index is -3.53. The highest BCUT2D eigenvalue weighted by atomic mass is 79.9. The fraction of sp³-hybridized carbons (Fsp3) is 0.222. The molecule has 0 aliphatic carbocycles. The Morgan fingerprint density at radius 3 is 2.53 bits per heavy atom. The van der Waals surface area contributed by atoms with Crippen molar-refractivity contribution in [2.45, 2.75) is 11.8 Å². The van der Waals surface area contributed by atoms with Crippen molar-refractivity contribution in [3.63, 3.8) is 0 Å². The summed E-state index contributed by atoms with van der Waals surface area (Å²) in [5.41, 5.74) is -0.203. The lowest BCUT2D eigenvalue weighted by molar-refractivity contribution is 0.0692. The van der Waals surface area contributed by atoms with Gasteiger partial charge in [-0.3, -0.25) is 0 Å². The molecular formula is C9H9BrO4S. The topological polar surface area (TPSA) is 71.4 Å². The molecule has 0 radical (unpaired) electrons. The summed E-state index contributed by atoms with van der Waals surface area (Å²) in [6.07, 6.45) is 0. The van der Waals surface area contributed by atoms with E-state index in [4.69, 9.17) is 5.11 Å². The van der Waals surface area contributed by atoms with Crippen molar-refractivity contribution in [1.82, 2.24) is 0 Å². The molecule has 0 bridgehead atoms. The Morgan fingerprint density at radius 2 is 2.07 bits per heavy atom. The fourth-order valence-electron chi connectivity index (χ4n) is 1.14. The molecule has 0 aliphatic rings. The van der Waals surface area contributed by atoms with Crippen LogP contribution in [0.2, 0.25) is 0 Å². The second-order valence-corrected chi connectivity index (χ2v) is 5.89. The van der Waals surface area contributed by atoms with Crippen LogP contribution in [0.15, 0.2) is 27.6 Å². The Morgan fingerprint density at radius 1 is 1.47 bits per heavy atom. The van der Waals surface area contributed by atoms with Gasteiger partial charge in [-0.2, -0.15) is 0 Å². The number of hydrogen-bond donors (Lipinski definition) is 1. The van der Waals surface area contributed by atoms with Crippen molar-refractivity contribution >= 4 is 31.7 Å². The van der Waals surface area contributed by atoms with Gasteiger partial charge in [0, 0.05) is 4.47 Å². The maximum Gasteiger partial charge on any atom is 0.337 e. The molecule has 0 heterocycles. The zero-order valence-electron chi connectivity index (χ0n) is 7.90. The van der Waals surface area contributed by atoms with E-state index in [1.54, 1.807) is 0 Å². The number of sulfone groups is 1. The molecule has 0 saturated heterocycles. The van der Waals surface area contributed by atoms with Crippen LogP contribution in [0.4, 0.5) is 0 Å². The van der Waals surface area contributed by atoms with Crippen LogP contribution in [0, 0.1) is 0 Å². The van der Waals surface area contributed by atoms with Crippen LogP contribution in [0.25, 0.3) is 0 Å². The Bertz CT molecular complexity index is 493. The van der Waals surface area contributed by atoms with E-state index in [1.165, 1.54) is 25.1 Å². The van der Waals surface area contributed by atoms with Crippen LogP contribution in [0.3, 0.4) is 0 Å². The zero-order valence-corrected chi connectivity index (χ0v) is 10.3. The zero-order chi connectivity index (χ0) is 11.6. The van der Waals surface area contributed by atoms with E-state index in [0.29, 0.717) is 0 Å². The van der Waals surface area contributed by atoms with Gasteiger partial charge in [-0.15, -0.1) is 0 Å². The number of aromatic carboxylic acids is 1. The molecule has 1 N–H and O–H groups in total. The molecule has 0 unspecified atom stereocenters. The van der Waals surface area contributed by atoms with Gasteiger partial charge in [0.2, 0.25) is 0 Å². The summed E-state index contributed by atoms with van der Waals surface area (Å²) in [7, 11) is -3.53. The van der Waals surface area contributed by atoms with Crippen molar-refractivity contribution in [2.24, 2.45) is 0 Å². The SMILES string of the molecule is CCS(=O)(=O)c1c(Br)cccc1C(=O)O. The van der Waals surface area contributed by atoms with E-state index >= 15 is 0 Å². The Kier molecular flexibility index (Phi) is 3.51. The van der Waals surface area contributed by atoms with Crippen LogP contribution in [0.5, 0.6) is 0 Å². The minimum absolute atomic E-state index is 0.129. The quantitative estimate of drug-likeness (QED) is 0.924. The van der Waals surface area contributed by atoms with Gasteiger partial charge in [-0.1, -0.05) is 13.0 Å². The summed E-state index contributed by atoms with van der Waals surface area (Å²) in [5.74, 6) is -1.38. The summed E-state index contributed by atoms with van der Waals surface area (Å²) >= 11 is 3.05. The van der Waals surface area contributed by atoms with Gasteiger partial charge in [0.25, 0.3) is 0 Å². The average molecular weight is 293 g/mol. The first-order chi connectivity index (χ1) is 6.90. The molecule has 0 aliphatic heterocycles. The summed E-state index contributed by atoms with van der Waals surface area (Å²) in [6.45, 7) is 1.47. The van der Waals surface area contributed by atoms with E-state index in [-0.39, 0.29) is 20.7 Å². The Balaban J connectivity index is 3.59. The number of halogens is 1. The lowest BCUT2D eigenvalue weighted by Gasteiger charge is -2.07. The number of carboxylic acid groups (broad SMARTS) is 1. The van der Waals surface area contributed by atoms with Gasteiger partial charge in [-0.05, 0) is 28.1 Å². The fourth-order valence-corrected chi connectivity index (χ4v) is 3.39. The van der Waals surface area contributed by atoms with Crippen LogP contribution in [-0.4, -0.2) is 25.2 Å². The van der Waals surface area contributed by atoms with E-state index in [2.05, 4.69) is 15.9 Å². The molecule has 0 amide bonds. The number of hydrogen-bond acceptors (Lipinski definition) is 3. The van der Waals surface area contributed by atoms with Crippen LogP contribution >= 0.6 is 15.9 Å². The Labute approximate surface area is 96.0 Å². The second kappa shape index (κ2) is 4.32. The maximum atomic E-state index is 11.7. The summed E-state index contributed by atoms with van der Waals surface area (Å²) in [4.78, 5) is 10.7. The summed E-state index contributed by atoms with van der Waals surface area (Å²) < 4.78 is 23.6. The van der Waals surface area contributed by atoms with Crippen LogP contribution < -0.4 is 0 Å². The number of carboxylic acids is 1. The van der Waals surface area contributed by atoms with Crippen molar-refractivity contribution in [2.75, 3.05) is 5.75 Å². The molecule has 15 heavy (non-hydrogen) atoms.